The van der Waals surface area contributed by atoms with Crippen LogP contribution in [0.4, 0.5) is 0 Å². The SMILES string of the molecule is O=C(NNC(=O)c1csc(-c2ccccc2)n1)c1ccc(-n2cnnn2)cc1. The fourth-order valence-corrected chi connectivity index (χ4v) is 3.19. The molecule has 0 aliphatic rings. The number of carbonyl (C=O) groups is 2. The minimum Gasteiger partial charge on any atom is -0.267 e. The first-order valence-corrected chi connectivity index (χ1v) is 9.04. The summed E-state index contributed by atoms with van der Waals surface area (Å²) in [7, 11) is 0. The van der Waals surface area contributed by atoms with Crippen LogP contribution in [0.15, 0.2) is 66.3 Å². The average molecular weight is 391 g/mol. The lowest BCUT2D eigenvalue weighted by atomic mass is 10.2. The van der Waals surface area contributed by atoms with E-state index in [-0.39, 0.29) is 5.69 Å². The Morgan fingerprint density at radius 2 is 1.68 bits per heavy atom. The van der Waals surface area contributed by atoms with E-state index in [9.17, 15) is 9.59 Å². The maximum Gasteiger partial charge on any atom is 0.289 e. The highest BCUT2D eigenvalue weighted by atomic mass is 32.1. The molecular weight excluding hydrogens is 378 g/mol. The normalized spacial score (nSPS) is 10.4. The van der Waals surface area contributed by atoms with Gasteiger partial charge in [0.1, 0.15) is 17.0 Å². The molecule has 10 heteroatoms. The summed E-state index contributed by atoms with van der Waals surface area (Å²) in [6.07, 6.45) is 1.45. The highest BCUT2D eigenvalue weighted by Crippen LogP contribution is 2.23. The molecule has 0 radical (unpaired) electrons. The molecule has 2 amide bonds. The number of hydrogen-bond donors (Lipinski definition) is 2. The summed E-state index contributed by atoms with van der Waals surface area (Å²) in [5, 5.41) is 13.3. The van der Waals surface area contributed by atoms with Crippen molar-refractivity contribution < 1.29 is 9.59 Å². The van der Waals surface area contributed by atoms with Gasteiger partial charge in [-0.1, -0.05) is 30.3 Å². The molecule has 0 atom stereocenters. The van der Waals surface area contributed by atoms with Crippen molar-refractivity contribution >= 4 is 23.2 Å². The summed E-state index contributed by atoms with van der Waals surface area (Å²) in [5.41, 5.74) is 7.00. The van der Waals surface area contributed by atoms with Crippen LogP contribution in [-0.4, -0.2) is 37.0 Å². The zero-order valence-corrected chi connectivity index (χ0v) is 15.1. The number of benzene rings is 2. The summed E-state index contributed by atoms with van der Waals surface area (Å²) < 4.78 is 1.47. The van der Waals surface area contributed by atoms with E-state index in [0.29, 0.717) is 11.3 Å². The molecule has 0 unspecified atom stereocenters. The Kier molecular flexibility index (Phi) is 4.85. The Hall–Kier alpha value is -3.92. The summed E-state index contributed by atoms with van der Waals surface area (Å²) in [6, 6.07) is 16.2. The number of rotatable bonds is 4. The monoisotopic (exact) mass is 391 g/mol. The minimum absolute atomic E-state index is 0.234. The van der Waals surface area contributed by atoms with E-state index in [4.69, 9.17) is 0 Å². The van der Waals surface area contributed by atoms with Gasteiger partial charge in [0.05, 0.1) is 5.69 Å². The number of nitrogens with zero attached hydrogens (tertiary/aromatic N) is 5. The molecule has 2 N–H and O–H groups in total. The van der Waals surface area contributed by atoms with Crippen molar-refractivity contribution in [2.75, 3.05) is 0 Å². The molecule has 0 aliphatic heterocycles. The highest BCUT2D eigenvalue weighted by Gasteiger charge is 2.13. The van der Waals surface area contributed by atoms with Gasteiger partial charge in [0.25, 0.3) is 11.8 Å². The third kappa shape index (κ3) is 3.76. The summed E-state index contributed by atoms with van der Waals surface area (Å²) in [4.78, 5) is 28.7. The molecule has 9 nitrogen and oxygen atoms in total. The average Bonchev–Trinajstić information content (AvgIpc) is 3.45. The topological polar surface area (TPSA) is 115 Å². The lowest BCUT2D eigenvalue weighted by molar-refractivity contribution is 0.0844. The number of thiazole rings is 1. The number of hydrazine groups is 1. The van der Waals surface area contributed by atoms with Crippen molar-refractivity contribution in [3.63, 3.8) is 0 Å². The molecule has 28 heavy (non-hydrogen) atoms. The maximum absolute atomic E-state index is 12.2. The fraction of sp³-hybridized carbons (Fsp3) is 0. The number of carbonyl (C=O) groups excluding carboxylic acids is 2. The van der Waals surface area contributed by atoms with Crippen molar-refractivity contribution in [1.29, 1.82) is 0 Å². The predicted molar refractivity (Wildman–Crippen MR) is 102 cm³/mol. The number of aromatic nitrogens is 5. The summed E-state index contributed by atoms with van der Waals surface area (Å²) in [5.74, 6) is -0.938. The van der Waals surface area contributed by atoms with E-state index in [1.165, 1.54) is 22.3 Å². The molecular formula is C18H13N7O2S. The molecule has 2 aromatic carbocycles. The van der Waals surface area contributed by atoms with Crippen LogP contribution in [0.2, 0.25) is 0 Å². The van der Waals surface area contributed by atoms with E-state index in [1.807, 2.05) is 30.3 Å². The van der Waals surface area contributed by atoms with Crippen molar-refractivity contribution in [1.82, 2.24) is 36.0 Å². The van der Waals surface area contributed by atoms with Crippen molar-refractivity contribution in [3.8, 4) is 16.3 Å². The van der Waals surface area contributed by atoms with Gasteiger partial charge in [-0.25, -0.2) is 9.67 Å². The lowest BCUT2D eigenvalue weighted by Crippen LogP contribution is -2.41. The van der Waals surface area contributed by atoms with Crippen LogP contribution in [-0.2, 0) is 0 Å². The van der Waals surface area contributed by atoms with Crippen LogP contribution in [0, 0.1) is 0 Å². The van der Waals surface area contributed by atoms with Crippen LogP contribution >= 0.6 is 11.3 Å². The van der Waals surface area contributed by atoms with Crippen LogP contribution in [0.3, 0.4) is 0 Å². The van der Waals surface area contributed by atoms with Crippen molar-refractivity contribution in [2.45, 2.75) is 0 Å². The lowest BCUT2D eigenvalue weighted by Gasteiger charge is -2.06. The van der Waals surface area contributed by atoms with Gasteiger partial charge in [0, 0.05) is 16.5 Å². The molecule has 0 aliphatic carbocycles. The fourth-order valence-electron chi connectivity index (χ4n) is 2.39. The van der Waals surface area contributed by atoms with E-state index in [1.54, 1.807) is 29.6 Å². The van der Waals surface area contributed by atoms with Crippen LogP contribution in [0.5, 0.6) is 0 Å². The molecule has 0 saturated heterocycles. The van der Waals surface area contributed by atoms with Crippen LogP contribution in [0.1, 0.15) is 20.8 Å². The Labute approximate surface area is 163 Å². The summed E-state index contributed by atoms with van der Waals surface area (Å²) >= 11 is 1.36. The number of tetrazole rings is 1. The third-order valence-corrected chi connectivity index (χ3v) is 4.68. The molecule has 0 fully saturated rings. The second-order valence-electron chi connectivity index (χ2n) is 5.61. The number of amides is 2. The quantitative estimate of drug-likeness (QED) is 0.513. The van der Waals surface area contributed by atoms with Gasteiger partial charge < -0.3 is 0 Å². The Bertz CT molecular complexity index is 1090. The third-order valence-electron chi connectivity index (χ3n) is 3.79. The molecule has 0 saturated carbocycles. The van der Waals surface area contributed by atoms with Gasteiger partial charge >= 0.3 is 0 Å². The van der Waals surface area contributed by atoms with Gasteiger partial charge in [-0.3, -0.25) is 20.4 Å². The first-order chi connectivity index (χ1) is 13.7. The minimum atomic E-state index is -0.489. The largest absolute Gasteiger partial charge is 0.289 e. The number of nitrogens with one attached hydrogen (secondary N) is 2. The van der Waals surface area contributed by atoms with E-state index < -0.39 is 11.8 Å². The van der Waals surface area contributed by atoms with E-state index >= 15 is 0 Å². The first kappa shape index (κ1) is 17.5. The molecule has 0 bridgehead atoms. The van der Waals surface area contributed by atoms with Crippen LogP contribution < -0.4 is 10.9 Å². The van der Waals surface area contributed by atoms with Crippen molar-refractivity contribution in [3.05, 3.63) is 77.6 Å². The molecule has 4 aromatic rings. The Balaban J connectivity index is 1.37. The zero-order chi connectivity index (χ0) is 19.3. The van der Waals surface area contributed by atoms with E-state index in [2.05, 4.69) is 31.4 Å². The highest BCUT2D eigenvalue weighted by molar-refractivity contribution is 7.13. The van der Waals surface area contributed by atoms with Crippen LogP contribution in [0.25, 0.3) is 16.3 Å². The Morgan fingerprint density at radius 3 is 2.39 bits per heavy atom. The molecule has 2 aromatic heterocycles. The Morgan fingerprint density at radius 1 is 0.929 bits per heavy atom. The van der Waals surface area contributed by atoms with Crippen molar-refractivity contribution in [2.24, 2.45) is 0 Å². The summed E-state index contributed by atoms with van der Waals surface area (Å²) in [6.45, 7) is 0. The predicted octanol–water partition coefficient (Wildman–Crippen LogP) is 1.86. The molecule has 0 spiro atoms. The van der Waals surface area contributed by atoms with Gasteiger partial charge in [-0.15, -0.1) is 16.4 Å². The molecule has 2 heterocycles. The first-order valence-electron chi connectivity index (χ1n) is 8.16. The van der Waals surface area contributed by atoms with Gasteiger partial charge in [0.2, 0.25) is 0 Å². The van der Waals surface area contributed by atoms with Gasteiger partial charge in [-0.05, 0) is 34.7 Å². The van der Waals surface area contributed by atoms with Gasteiger partial charge in [-0.2, -0.15) is 0 Å². The maximum atomic E-state index is 12.2. The zero-order valence-electron chi connectivity index (χ0n) is 14.3. The molecule has 4 rings (SSSR count). The second kappa shape index (κ2) is 7.76. The smallest absolute Gasteiger partial charge is 0.267 e. The molecule has 138 valence electrons. The number of hydrogen-bond acceptors (Lipinski definition) is 7. The van der Waals surface area contributed by atoms with E-state index in [0.717, 1.165) is 10.6 Å². The van der Waals surface area contributed by atoms with Gasteiger partial charge in [0.15, 0.2) is 0 Å². The second-order valence-corrected chi connectivity index (χ2v) is 6.47. The standard InChI is InChI=1S/C18H13N7O2S/c26-16(12-6-8-14(9-7-12)25-11-19-23-24-25)21-22-17(27)15-10-28-18(20-15)13-4-2-1-3-5-13/h1-11H,(H,21,26)(H,22,27).